The Morgan fingerprint density at radius 1 is 0.841 bits per heavy atom. The van der Waals surface area contributed by atoms with Gasteiger partial charge in [-0.25, -0.2) is 30.5 Å². The lowest BCUT2D eigenvalue weighted by atomic mass is 9.80. The van der Waals surface area contributed by atoms with Gasteiger partial charge in [-0.2, -0.15) is 31.6 Å². The number of hydrogen-bond donors (Lipinski definition) is 0. The van der Waals surface area contributed by atoms with E-state index in [-0.39, 0.29) is 11.0 Å². The number of aromatic nitrogens is 2. The molecule has 0 spiro atoms. The summed E-state index contributed by atoms with van der Waals surface area (Å²) < 4.78 is 126. The van der Waals surface area contributed by atoms with E-state index in [2.05, 4.69) is 96.8 Å². The lowest BCUT2D eigenvalue weighted by Crippen LogP contribution is -2.49. The second kappa shape index (κ2) is 14.9. The van der Waals surface area contributed by atoms with Crippen molar-refractivity contribution in [3.05, 3.63) is 17.2 Å². The van der Waals surface area contributed by atoms with Gasteiger partial charge in [-0.1, -0.05) is 0 Å². The first kappa shape index (κ1) is 43.9. The van der Waals surface area contributed by atoms with Crippen LogP contribution in [-0.4, -0.2) is 63.4 Å². The van der Waals surface area contributed by atoms with Crippen LogP contribution in [0.1, 0.15) is 112 Å². The Morgan fingerprint density at radius 3 is 1.39 bits per heavy atom. The average molecular weight is 687 g/mol. The molecule has 258 valence electrons. The smallest absolute Gasteiger partial charge is 0.485 e. The Balaban J connectivity index is 0. The summed E-state index contributed by atoms with van der Waals surface area (Å²) in [5.74, 6) is 1.42. The molecule has 18 heteroatoms. The molecular weight excluding hydrogens is 642 g/mol. The Bertz CT molecular complexity index is 1360. The highest BCUT2D eigenvalue weighted by Crippen LogP contribution is 2.42. The largest absolute Gasteiger partial charge is 0.741 e. The summed E-state index contributed by atoms with van der Waals surface area (Å²) in [6.45, 7) is 29.6. The second-order valence-corrected chi connectivity index (χ2v) is 14.9. The van der Waals surface area contributed by atoms with Crippen molar-refractivity contribution < 1.29 is 61.4 Å². The SMILES string of the molecule is CC#N.Cc1c(C)[n+](C(C)C)c(C2=[N+](C(C)C)C(C)(C)CC2(C)C)n1C(C)C.O=S(=O)([O-])C(F)(F)F.O=S(=O)([O-])C(F)(F)F. The molecule has 0 radical (unpaired) electrons. The minimum Gasteiger partial charge on any atom is -0.741 e. The molecule has 0 aliphatic carbocycles. The van der Waals surface area contributed by atoms with Crippen LogP contribution in [0.2, 0.25) is 0 Å². The number of hydrogen-bond acceptors (Lipinski definition) is 7. The van der Waals surface area contributed by atoms with Crippen LogP contribution in [0.5, 0.6) is 0 Å². The van der Waals surface area contributed by atoms with E-state index in [0.717, 1.165) is 0 Å². The number of nitriles is 1. The number of alkyl halides is 6. The van der Waals surface area contributed by atoms with Crippen LogP contribution in [0.3, 0.4) is 0 Å². The molecule has 44 heavy (non-hydrogen) atoms. The molecule has 0 unspecified atom stereocenters. The van der Waals surface area contributed by atoms with Crippen molar-refractivity contribution in [1.29, 1.82) is 5.26 Å². The number of rotatable bonds is 4. The maximum absolute atomic E-state index is 10.7. The van der Waals surface area contributed by atoms with Crippen molar-refractivity contribution in [3.63, 3.8) is 0 Å². The highest BCUT2D eigenvalue weighted by Gasteiger charge is 2.57. The highest BCUT2D eigenvalue weighted by molar-refractivity contribution is 7.86. The minimum atomic E-state index is -6.09. The van der Waals surface area contributed by atoms with Gasteiger partial charge in [0.05, 0.1) is 23.6 Å². The van der Waals surface area contributed by atoms with Gasteiger partial charge in [0.25, 0.3) is 5.71 Å². The Hall–Kier alpha value is -2.23. The first-order valence-electron chi connectivity index (χ1n) is 13.3. The van der Waals surface area contributed by atoms with Crippen molar-refractivity contribution in [1.82, 2.24) is 4.57 Å². The molecule has 0 bridgehead atoms. The number of nitrogens with zero attached hydrogens (tertiary/aromatic N) is 4. The van der Waals surface area contributed by atoms with Crippen molar-refractivity contribution in [2.45, 2.75) is 131 Å². The Labute approximate surface area is 256 Å². The first-order valence-corrected chi connectivity index (χ1v) is 16.1. The molecule has 0 saturated heterocycles. The summed E-state index contributed by atoms with van der Waals surface area (Å²) in [6, 6.07) is 3.15. The number of imidazole rings is 1. The predicted octanol–water partition coefficient (Wildman–Crippen LogP) is 5.61. The van der Waals surface area contributed by atoms with Gasteiger partial charge in [0.2, 0.25) is 0 Å². The molecular formula is C26H44F6N4O6S2. The standard InChI is InChI=1S/C22H41N3.C2H3N.2CHF3O3S/c1-14(2)23-17(7)18(8)24(15(3)4)20(23)19-21(9,10)13-22(11,12)25(19)16(5)6;1-2-3;2*2-1(3,4)8(5,6)7/h14-16H,13H2,1-12H3;1H3;2*(H,5,6,7)/q+2;;;/p-2. The summed E-state index contributed by atoms with van der Waals surface area (Å²) in [5.41, 5.74) is -6.64. The second-order valence-electron chi connectivity index (χ2n) is 12.1. The van der Waals surface area contributed by atoms with Crippen molar-refractivity contribution in [2.75, 3.05) is 0 Å². The maximum atomic E-state index is 10.7. The summed E-state index contributed by atoms with van der Waals surface area (Å²) in [5, 5.41) is 7.32. The van der Waals surface area contributed by atoms with Gasteiger partial charge >= 0.3 is 16.8 Å². The number of halogens is 6. The van der Waals surface area contributed by atoms with Crippen LogP contribution in [-0.2, 0) is 20.2 Å². The summed E-state index contributed by atoms with van der Waals surface area (Å²) in [4.78, 5) is 0. The molecule has 10 nitrogen and oxygen atoms in total. The zero-order valence-electron chi connectivity index (χ0n) is 27.3. The lowest BCUT2D eigenvalue weighted by Gasteiger charge is -2.20. The van der Waals surface area contributed by atoms with Crippen LogP contribution >= 0.6 is 0 Å². The van der Waals surface area contributed by atoms with Crippen molar-refractivity contribution >= 4 is 25.9 Å². The molecule has 1 aromatic rings. The lowest BCUT2D eigenvalue weighted by molar-refractivity contribution is -0.726. The Kier molecular flexibility index (Phi) is 14.9. The van der Waals surface area contributed by atoms with Gasteiger partial charge in [0, 0.05) is 27.2 Å². The minimum absolute atomic E-state index is 0.161. The molecule has 0 atom stereocenters. The van der Waals surface area contributed by atoms with E-state index in [1.165, 1.54) is 36.3 Å². The van der Waals surface area contributed by atoms with E-state index >= 15 is 0 Å². The molecule has 0 amide bonds. The summed E-state index contributed by atoms with van der Waals surface area (Å²) in [6.07, 6.45) is 1.19. The van der Waals surface area contributed by atoms with Crippen LogP contribution in [0.25, 0.3) is 0 Å². The van der Waals surface area contributed by atoms with E-state index in [1.807, 2.05) is 0 Å². The van der Waals surface area contributed by atoms with Crippen LogP contribution in [0, 0.1) is 30.6 Å². The molecule has 1 aliphatic heterocycles. The van der Waals surface area contributed by atoms with E-state index in [9.17, 15) is 26.3 Å². The predicted molar refractivity (Wildman–Crippen MR) is 150 cm³/mol. The molecule has 0 N–H and O–H groups in total. The summed E-state index contributed by atoms with van der Waals surface area (Å²) in [7, 11) is -12.2. The first-order chi connectivity index (χ1) is 19.2. The van der Waals surface area contributed by atoms with Crippen molar-refractivity contribution in [3.8, 4) is 6.07 Å². The monoisotopic (exact) mass is 686 g/mol. The van der Waals surface area contributed by atoms with Gasteiger partial charge in [0.1, 0.15) is 17.4 Å². The quantitative estimate of drug-likeness (QED) is 0.173. The molecule has 0 fully saturated rings. The fraction of sp³-hybridized carbons (Fsp3) is 0.808. The topological polar surface area (TPSA) is 150 Å². The van der Waals surface area contributed by atoms with E-state index in [0.29, 0.717) is 18.1 Å². The third kappa shape index (κ3) is 11.0. The zero-order valence-corrected chi connectivity index (χ0v) is 28.9. The van der Waals surface area contributed by atoms with Gasteiger partial charge in [-0.15, -0.1) is 0 Å². The zero-order chi connectivity index (χ0) is 36.2. The fourth-order valence-corrected chi connectivity index (χ4v) is 5.52. The van der Waals surface area contributed by atoms with E-state index < -0.39 is 31.3 Å². The van der Waals surface area contributed by atoms with E-state index in [1.54, 1.807) is 6.07 Å². The fourth-order valence-electron chi connectivity index (χ4n) is 5.52. The van der Waals surface area contributed by atoms with Gasteiger partial charge in [-0.3, -0.25) is 0 Å². The van der Waals surface area contributed by atoms with Gasteiger partial charge < -0.3 is 9.11 Å². The molecule has 0 saturated carbocycles. The molecule has 0 aromatic carbocycles. The Morgan fingerprint density at radius 2 is 1.16 bits per heavy atom. The van der Waals surface area contributed by atoms with Crippen molar-refractivity contribution in [2.24, 2.45) is 5.41 Å². The molecule has 2 rings (SSSR count). The maximum Gasteiger partial charge on any atom is 0.485 e. The molecule has 1 aliphatic rings. The third-order valence-electron chi connectivity index (χ3n) is 6.44. The average Bonchev–Trinajstić information content (AvgIpc) is 3.10. The van der Waals surface area contributed by atoms with E-state index in [4.69, 9.17) is 31.2 Å². The third-order valence-corrected chi connectivity index (χ3v) is 7.57. The van der Waals surface area contributed by atoms with Crippen LogP contribution in [0.15, 0.2) is 0 Å². The van der Waals surface area contributed by atoms with Crippen LogP contribution < -0.4 is 4.57 Å². The van der Waals surface area contributed by atoms with Gasteiger partial charge in [0.15, 0.2) is 25.8 Å². The highest BCUT2D eigenvalue weighted by atomic mass is 32.2. The molecule has 2 heterocycles. The molecule has 1 aromatic heterocycles. The van der Waals surface area contributed by atoms with Gasteiger partial charge in [-0.05, 0) is 69.2 Å². The normalized spacial score (nSPS) is 16.5. The summed E-state index contributed by atoms with van der Waals surface area (Å²) >= 11 is 0. The van der Waals surface area contributed by atoms with Crippen LogP contribution in [0.4, 0.5) is 26.3 Å².